The van der Waals surface area contributed by atoms with Gasteiger partial charge in [0.2, 0.25) is 0 Å². The van der Waals surface area contributed by atoms with Crippen LogP contribution in [0.5, 0.6) is 0 Å². The van der Waals surface area contributed by atoms with E-state index in [-0.39, 0.29) is 24.8 Å². The molecule has 140 valence electrons. The zero-order valence-electron chi connectivity index (χ0n) is 15.2. The van der Waals surface area contributed by atoms with Crippen molar-refractivity contribution >= 4 is 23.2 Å². The van der Waals surface area contributed by atoms with Gasteiger partial charge in [-0.15, -0.1) is 11.3 Å². The molecule has 0 bridgehead atoms. The van der Waals surface area contributed by atoms with E-state index in [9.17, 15) is 9.59 Å². The van der Waals surface area contributed by atoms with E-state index in [4.69, 9.17) is 4.74 Å². The number of ether oxygens (including phenoxy) is 1. The number of thiazole rings is 1. The van der Waals surface area contributed by atoms with Gasteiger partial charge in [0.05, 0.1) is 19.7 Å². The molecule has 8 heteroatoms. The first-order valence-corrected chi connectivity index (χ1v) is 9.29. The zero-order valence-corrected chi connectivity index (χ0v) is 16.0. The Bertz CT molecular complexity index is 920. The van der Waals surface area contributed by atoms with Crippen molar-refractivity contribution in [3.8, 4) is 10.6 Å². The van der Waals surface area contributed by atoms with Gasteiger partial charge in [0, 0.05) is 37.3 Å². The standard InChI is InChI=1S/C19H20N4O3S/c1-22-12-15(10-20-22)18-21-16(13-27-18)19(25)23(9-8-17(24)26-2)11-14-6-4-3-5-7-14/h3-7,10,12-13H,8-9,11H2,1-2H3. The Balaban J connectivity index is 1.79. The number of carbonyl (C=O) groups excluding carboxylic acids is 2. The molecule has 1 aromatic carbocycles. The highest BCUT2D eigenvalue weighted by Gasteiger charge is 2.21. The highest BCUT2D eigenvalue weighted by molar-refractivity contribution is 7.13. The average molecular weight is 384 g/mol. The van der Waals surface area contributed by atoms with Crippen molar-refractivity contribution in [2.24, 2.45) is 7.05 Å². The zero-order chi connectivity index (χ0) is 19.2. The first-order chi connectivity index (χ1) is 13.1. The minimum atomic E-state index is -0.352. The summed E-state index contributed by atoms with van der Waals surface area (Å²) < 4.78 is 6.39. The molecule has 27 heavy (non-hydrogen) atoms. The van der Waals surface area contributed by atoms with Crippen molar-refractivity contribution < 1.29 is 14.3 Å². The smallest absolute Gasteiger partial charge is 0.307 e. The SMILES string of the molecule is COC(=O)CCN(Cc1ccccc1)C(=O)c1csc(-c2cnn(C)c2)n1. The van der Waals surface area contributed by atoms with Gasteiger partial charge in [0.15, 0.2) is 0 Å². The number of methoxy groups -OCH3 is 1. The molecule has 0 spiro atoms. The van der Waals surface area contributed by atoms with E-state index >= 15 is 0 Å². The molecule has 2 aromatic heterocycles. The van der Waals surface area contributed by atoms with Gasteiger partial charge >= 0.3 is 5.97 Å². The lowest BCUT2D eigenvalue weighted by atomic mass is 10.2. The number of aryl methyl sites for hydroxylation is 1. The topological polar surface area (TPSA) is 77.3 Å². The Labute approximate surface area is 161 Å². The maximum Gasteiger partial charge on any atom is 0.307 e. The minimum absolute atomic E-state index is 0.134. The van der Waals surface area contributed by atoms with E-state index in [1.54, 1.807) is 21.2 Å². The second-order valence-electron chi connectivity index (χ2n) is 5.98. The lowest BCUT2D eigenvalue weighted by Gasteiger charge is -2.21. The molecular weight excluding hydrogens is 364 g/mol. The molecule has 0 atom stereocenters. The lowest BCUT2D eigenvalue weighted by molar-refractivity contribution is -0.140. The minimum Gasteiger partial charge on any atom is -0.469 e. The molecule has 2 heterocycles. The number of benzene rings is 1. The van der Waals surface area contributed by atoms with Crippen LogP contribution in [0.1, 0.15) is 22.5 Å². The normalized spacial score (nSPS) is 10.6. The van der Waals surface area contributed by atoms with Crippen LogP contribution in [0.3, 0.4) is 0 Å². The Kier molecular flexibility index (Phi) is 5.97. The van der Waals surface area contributed by atoms with Crippen molar-refractivity contribution in [3.63, 3.8) is 0 Å². The predicted molar refractivity (Wildman–Crippen MR) is 102 cm³/mol. The van der Waals surface area contributed by atoms with Gasteiger partial charge in [0.1, 0.15) is 10.7 Å². The summed E-state index contributed by atoms with van der Waals surface area (Å²) >= 11 is 1.39. The number of esters is 1. The monoisotopic (exact) mass is 384 g/mol. The fourth-order valence-electron chi connectivity index (χ4n) is 2.58. The van der Waals surface area contributed by atoms with Crippen LogP contribution in [0, 0.1) is 0 Å². The third-order valence-electron chi connectivity index (χ3n) is 3.99. The Morgan fingerprint density at radius 2 is 2.04 bits per heavy atom. The van der Waals surface area contributed by atoms with Gasteiger partial charge in [-0.25, -0.2) is 4.98 Å². The van der Waals surface area contributed by atoms with Crippen LogP contribution in [-0.4, -0.2) is 45.2 Å². The van der Waals surface area contributed by atoms with Crippen LogP contribution in [0.15, 0.2) is 48.1 Å². The second kappa shape index (κ2) is 8.59. The van der Waals surface area contributed by atoms with Gasteiger partial charge in [-0.1, -0.05) is 30.3 Å². The Morgan fingerprint density at radius 3 is 2.70 bits per heavy atom. The summed E-state index contributed by atoms with van der Waals surface area (Å²) in [6, 6.07) is 9.65. The summed E-state index contributed by atoms with van der Waals surface area (Å²) in [5.41, 5.74) is 2.21. The highest BCUT2D eigenvalue weighted by Crippen LogP contribution is 2.24. The number of rotatable bonds is 7. The molecule has 1 amide bonds. The molecule has 0 aliphatic carbocycles. The van der Waals surface area contributed by atoms with Crippen molar-refractivity contribution in [1.82, 2.24) is 19.7 Å². The van der Waals surface area contributed by atoms with E-state index in [1.807, 2.05) is 43.6 Å². The van der Waals surface area contributed by atoms with Crippen LogP contribution in [-0.2, 0) is 23.1 Å². The molecule has 0 saturated heterocycles. The van der Waals surface area contributed by atoms with Gasteiger partial charge < -0.3 is 9.64 Å². The first-order valence-electron chi connectivity index (χ1n) is 8.41. The number of aromatic nitrogens is 3. The molecule has 0 aliphatic rings. The summed E-state index contributed by atoms with van der Waals surface area (Å²) in [5, 5.41) is 6.61. The third-order valence-corrected chi connectivity index (χ3v) is 4.88. The molecule has 3 aromatic rings. The predicted octanol–water partition coefficient (Wildman–Crippen LogP) is 2.75. The number of hydrogen-bond donors (Lipinski definition) is 0. The van der Waals surface area contributed by atoms with Crippen molar-refractivity contribution in [2.75, 3.05) is 13.7 Å². The number of nitrogens with zero attached hydrogens (tertiary/aromatic N) is 4. The van der Waals surface area contributed by atoms with Crippen LogP contribution < -0.4 is 0 Å². The van der Waals surface area contributed by atoms with Gasteiger partial charge in [-0.3, -0.25) is 14.3 Å². The molecule has 0 unspecified atom stereocenters. The molecular formula is C19H20N4O3S. The summed E-state index contributed by atoms with van der Waals surface area (Å²) in [6.07, 6.45) is 3.70. The van der Waals surface area contributed by atoms with E-state index < -0.39 is 0 Å². The van der Waals surface area contributed by atoms with Crippen molar-refractivity contribution in [2.45, 2.75) is 13.0 Å². The molecule has 3 rings (SSSR count). The molecule has 7 nitrogen and oxygen atoms in total. The van der Waals surface area contributed by atoms with E-state index in [0.717, 1.165) is 16.1 Å². The van der Waals surface area contributed by atoms with E-state index in [0.29, 0.717) is 12.2 Å². The summed E-state index contributed by atoms with van der Waals surface area (Å²) in [6.45, 7) is 0.663. The average Bonchev–Trinajstić information content (AvgIpc) is 3.34. The maximum absolute atomic E-state index is 13.0. The van der Waals surface area contributed by atoms with Crippen LogP contribution in [0.4, 0.5) is 0 Å². The van der Waals surface area contributed by atoms with Crippen LogP contribution >= 0.6 is 11.3 Å². The quantitative estimate of drug-likeness (QED) is 0.586. The van der Waals surface area contributed by atoms with Crippen LogP contribution in [0.25, 0.3) is 10.6 Å². The first kappa shape index (κ1) is 18.8. The van der Waals surface area contributed by atoms with E-state index in [1.165, 1.54) is 18.4 Å². The maximum atomic E-state index is 13.0. The number of hydrogen-bond acceptors (Lipinski definition) is 6. The second-order valence-corrected chi connectivity index (χ2v) is 6.84. The molecule has 0 radical (unpaired) electrons. The fourth-order valence-corrected chi connectivity index (χ4v) is 3.35. The van der Waals surface area contributed by atoms with Crippen molar-refractivity contribution in [3.05, 3.63) is 59.4 Å². The van der Waals surface area contributed by atoms with Crippen LogP contribution in [0.2, 0.25) is 0 Å². The molecule has 0 fully saturated rings. The lowest BCUT2D eigenvalue weighted by Crippen LogP contribution is -2.33. The fraction of sp³-hybridized carbons (Fsp3) is 0.263. The van der Waals surface area contributed by atoms with Gasteiger partial charge in [-0.05, 0) is 5.56 Å². The third kappa shape index (κ3) is 4.79. The van der Waals surface area contributed by atoms with Gasteiger partial charge in [0.25, 0.3) is 5.91 Å². The number of amides is 1. The molecule has 0 aliphatic heterocycles. The van der Waals surface area contributed by atoms with Crippen molar-refractivity contribution in [1.29, 1.82) is 0 Å². The highest BCUT2D eigenvalue weighted by atomic mass is 32.1. The van der Waals surface area contributed by atoms with Gasteiger partial charge in [-0.2, -0.15) is 5.10 Å². The Hall–Kier alpha value is -3.00. The summed E-state index contributed by atoms with van der Waals surface area (Å²) in [5.74, 6) is -0.565. The molecule has 0 saturated carbocycles. The largest absolute Gasteiger partial charge is 0.469 e. The Morgan fingerprint density at radius 1 is 1.26 bits per heavy atom. The van der Waals surface area contributed by atoms with E-state index in [2.05, 4.69) is 10.1 Å². The number of carbonyl (C=O) groups is 2. The molecule has 0 N–H and O–H groups in total. The summed E-state index contributed by atoms with van der Waals surface area (Å²) in [7, 11) is 3.17. The summed E-state index contributed by atoms with van der Waals surface area (Å²) in [4.78, 5) is 30.6.